The van der Waals surface area contributed by atoms with Gasteiger partial charge in [0.1, 0.15) is 21.5 Å². The van der Waals surface area contributed by atoms with Gasteiger partial charge in [0.2, 0.25) is 0 Å². The summed E-state index contributed by atoms with van der Waals surface area (Å²) in [4.78, 5) is 25.5. The van der Waals surface area contributed by atoms with Gasteiger partial charge in [0.05, 0.1) is 24.3 Å². The topological polar surface area (TPSA) is 52.6 Å². The SMILES string of the molecule is COc1cc2c(c(Cl)c1Cl)C(=O)C(C)(CC1CCCC1)C2.COc1cc2c(c(Cl)c1Cl)C(=O)C(CC1CCCC1)C2. The van der Waals surface area contributed by atoms with Crippen LogP contribution in [0.3, 0.4) is 0 Å². The fourth-order valence-corrected chi connectivity index (χ4v) is 8.70. The number of fused-ring (bicyclic) bond motifs is 2. The highest BCUT2D eigenvalue weighted by Crippen LogP contribution is 2.50. The molecule has 2 unspecified atom stereocenters. The number of hydrogen-bond acceptors (Lipinski definition) is 4. The average molecular weight is 640 g/mol. The Balaban J connectivity index is 0.000000165. The van der Waals surface area contributed by atoms with Crippen LogP contribution in [0.4, 0.5) is 0 Å². The summed E-state index contributed by atoms with van der Waals surface area (Å²) in [5, 5.41) is 1.41. The minimum Gasteiger partial charge on any atom is -0.495 e. The molecule has 0 N–H and O–H groups in total. The van der Waals surface area contributed by atoms with Crippen molar-refractivity contribution in [3.05, 3.63) is 54.5 Å². The maximum atomic E-state index is 12.9. The van der Waals surface area contributed by atoms with Crippen molar-refractivity contribution in [2.45, 2.75) is 84.0 Å². The van der Waals surface area contributed by atoms with E-state index in [9.17, 15) is 9.59 Å². The second-order valence-electron chi connectivity index (χ2n) is 12.6. The smallest absolute Gasteiger partial charge is 0.170 e. The molecule has 2 saturated carbocycles. The van der Waals surface area contributed by atoms with Crippen LogP contribution in [0.2, 0.25) is 20.1 Å². The summed E-state index contributed by atoms with van der Waals surface area (Å²) in [5.41, 5.74) is 2.87. The van der Waals surface area contributed by atoms with Crippen molar-refractivity contribution in [3.63, 3.8) is 0 Å². The van der Waals surface area contributed by atoms with Crippen LogP contribution in [-0.4, -0.2) is 25.8 Å². The molecule has 6 rings (SSSR count). The molecule has 2 aromatic carbocycles. The Morgan fingerprint density at radius 2 is 1.27 bits per heavy atom. The first-order valence-corrected chi connectivity index (χ1v) is 16.3. The Bertz CT molecular complexity index is 1340. The number of halogens is 4. The van der Waals surface area contributed by atoms with Crippen molar-refractivity contribution >= 4 is 58.0 Å². The Labute approximate surface area is 263 Å². The van der Waals surface area contributed by atoms with E-state index in [-0.39, 0.29) is 22.9 Å². The van der Waals surface area contributed by atoms with Crippen LogP contribution >= 0.6 is 46.4 Å². The number of methoxy groups -OCH3 is 2. The molecule has 0 amide bonds. The van der Waals surface area contributed by atoms with Crippen LogP contribution in [0.25, 0.3) is 0 Å². The Kier molecular flexibility index (Phi) is 9.55. The van der Waals surface area contributed by atoms with Crippen molar-refractivity contribution in [3.8, 4) is 11.5 Å². The fraction of sp³-hybridized carbons (Fsp3) is 0.576. The van der Waals surface area contributed by atoms with E-state index in [1.807, 2.05) is 12.1 Å². The lowest BCUT2D eigenvalue weighted by Crippen LogP contribution is -2.26. The van der Waals surface area contributed by atoms with Gasteiger partial charge in [-0.1, -0.05) is 105 Å². The van der Waals surface area contributed by atoms with Crippen molar-refractivity contribution in [1.29, 1.82) is 0 Å². The van der Waals surface area contributed by atoms with Crippen LogP contribution in [0.1, 0.15) is 103 Å². The van der Waals surface area contributed by atoms with Crippen LogP contribution in [0, 0.1) is 23.2 Å². The van der Waals surface area contributed by atoms with Gasteiger partial charge < -0.3 is 9.47 Å². The zero-order valence-corrected chi connectivity index (χ0v) is 27.0. The highest BCUT2D eigenvalue weighted by atomic mass is 35.5. The van der Waals surface area contributed by atoms with Gasteiger partial charge in [0.25, 0.3) is 0 Å². The molecule has 2 fully saturated rings. The number of hydrogen-bond donors (Lipinski definition) is 0. The molecule has 4 aliphatic carbocycles. The number of ether oxygens (including phenoxy) is 2. The van der Waals surface area contributed by atoms with E-state index in [1.54, 1.807) is 14.2 Å². The number of carbonyl (C=O) groups excluding carboxylic acids is 2. The van der Waals surface area contributed by atoms with Crippen molar-refractivity contribution in [1.82, 2.24) is 0 Å². The third-order valence-electron chi connectivity index (χ3n) is 9.70. The minimum atomic E-state index is -0.337. The van der Waals surface area contributed by atoms with E-state index in [1.165, 1.54) is 51.4 Å². The molecule has 41 heavy (non-hydrogen) atoms. The van der Waals surface area contributed by atoms with Crippen molar-refractivity contribution < 1.29 is 19.1 Å². The average Bonchev–Trinajstić information content (AvgIpc) is 3.75. The minimum absolute atomic E-state index is 0.0776. The van der Waals surface area contributed by atoms with E-state index in [2.05, 4.69) is 6.92 Å². The van der Waals surface area contributed by atoms with Crippen LogP contribution in [0.5, 0.6) is 11.5 Å². The zero-order valence-electron chi connectivity index (χ0n) is 24.0. The first-order valence-electron chi connectivity index (χ1n) is 14.8. The summed E-state index contributed by atoms with van der Waals surface area (Å²) in [7, 11) is 3.13. The normalized spacial score (nSPS) is 23.9. The fourth-order valence-electron chi connectivity index (χ4n) is 7.63. The monoisotopic (exact) mass is 638 g/mol. The van der Waals surface area contributed by atoms with E-state index < -0.39 is 0 Å². The van der Waals surface area contributed by atoms with Crippen LogP contribution in [0.15, 0.2) is 12.1 Å². The first kappa shape index (κ1) is 31.0. The van der Waals surface area contributed by atoms with Crippen molar-refractivity contribution in [2.24, 2.45) is 23.2 Å². The summed E-state index contributed by atoms with van der Waals surface area (Å²) in [6.07, 6.45) is 13.7. The molecule has 222 valence electrons. The lowest BCUT2D eigenvalue weighted by Gasteiger charge is -2.25. The molecule has 0 radical (unpaired) electrons. The van der Waals surface area contributed by atoms with Gasteiger partial charge in [0, 0.05) is 22.5 Å². The Morgan fingerprint density at radius 1 is 0.756 bits per heavy atom. The van der Waals surface area contributed by atoms with Gasteiger partial charge in [0.15, 0.2) is 11.6 Å². The highest BCUT2D eigenvalue weighted by molar-refractivity contribution is 6.46. The molecule has 0 aliphatic heterocycles. The van der Waals surface area contributed by atoms with E-state index in [0.717, 1.165) is 36.8 Å². The number of rotatable bonds is 6. The van der Waals surface area contributed by atoms with Gasteiger partial charge in [-0.2, -0.15) is 0 Å². The second-order valence-corrected chi connectivity index (χ2v) is 14.1. The van der Waals surface area contributed by atoms with Gasteiger partial charge in [-0.05, 0) is 60.8 Å². The molecule has 4 nitrogen and oxygen atoms in total. The summed E-state index contributed by atoms with van der Waals surface area (Å²) in [6, 6.07) is 3.75. The molecule has 0 heterocycles. The summed E-state index contributed by atoms with van der Waals surface area (Å²) < 4.78 is 10.5. The van der Waals surface area contributed by atoms with Crippen LogP contribution in [-0.2, 0) is 12.8 Å². The Hall–Kier alpha value is -1.46. The molecule has 8 heteroatoms. The van der Waals surface area contributed by atoms with E-state index in [4.69, 9.17) is 55.9 Å². The lowest BCUT2D eigenvalue weighted by atomic mass is 9.77. The molecule has 2 atom stereocenters. The molecular weight excluding hydrogens is 602 g/mol. The van der Waals surface area contributed by atoms with Gasteiger partial charge >= 0.3 is 0 Å². The molecular formula is C33H38Cl4O4. The third kappa shape index (κ3) is 6.01. The molecule has 2 aromatic rings. The van der Waals surface area contributed by atoms with E-state index in [0.29, 0.717) is 54.6 Å². The summed E-state index contributed by atoms with van der Waals surface area (Å²) >= 11 is 24.9. The first-order chi connectivity index (χ1) is 19.6. The number of Topliss-reactive ketones (excluding diaryl/α,β-unsaturated/α-hetero) is 2. The quantitative estimate of drug-likeness (QED) is 0.315. The largest absolute Gasteiger partial charge is 0.495 e. The van der Waals surface area contributed by atoms with Gasteiger partial charge in [-0.3, -0.25) is 9.59 Å². The summed E-state index contributed by atoms with van der Waals surface area (Å²) in [5.74, 6) is 2.89. The summed E-state index contributed by atoms with van der Waals surface area (Å²) in [6.45, 7) is 2.07. The maximum absolute atomic E-state index is 12.9. The zero-order chi connectivity index (χ0) is 29.5. The molecule has 0 aromatic heterocycles. The second kappa shape index (κ2) is 12.6. The van der Waals surface area contributed by atoms with E-state index >= 15 is 0 Å². The maximum Gasteiger partial charge on any atom is 0.170 e. The molecule has 0 bridgehead atoms. The number of carbonyl (C=O) groups is 2. The van der Waals surface area contributed by atoms with Crippen LogP contribution < -0.4 is 9.47 Å². The molecule has 0 saturated heterocycles. The third-order valence-corrected chi connectivity index (χ3v) is 11.4. The standard InChI is InChI=1S/C17H20Cl2O2.C16H18Cl2O2/c1-17(8-10-5-3-4-6-10)9-11-7-12(21-2)14(18)15(19)13(11)16(17)20;1-20-12-8-10-7-11(6-9-4-2-3-5-9)16(19)13(10)15(18)14(12)17/h7,10H,3-6,8-9H2,1-2H3;8-9,11H,2-7H2,1H3. The predicted octanol–water partition coefficient (Wildman–Crippen LogP) is 10.3. The molecule has 4 aliphatic rings. The predicted molar refractivity (Wildman–Crippen MR) is 167 cm³/mol. The van der Waals surface area contributed by atoms with Crippen molar-refractivity contribution in [2.75, 3.05) is 14.2 Å². The lowest BCUT2D eigenvalue weighted by molar-refractivity contribution is 0.0804. The number of ketones is 2. The Morgan fingerprint density at radius 3 is 1.83 bits per heavy atom. The molecule has 0 spiro atoms. The number of benzene rings is 2. The van der Waals surface area contributed by atoms with Gasteiger partial charge in [-0.25, -0.2) is 0 Å². The highest BCUT2D eigenvalue weighted by Gasteiger charge is 2.45. The van der Waals surface area contributed by atoms with Gasteiger partial charge in [-0.15, -0.1) is 0 Å².